The van der Waals surface area contributed by atoms with Crippen molar-refractivity contribution in [3.63, 3.8) is 0 Å². The smallest absolute Gasteiger partial charge is 0.0933 e. The van der Waals surface area contributed by atoms with Crippen LogP contribution in [0.4, 0.5) is 5.69 Å². The predicted molar refractivity (Wildman–Crippen MR) is 74.3 cm³/mol. The number of hydrogen-bond donors (Lipinski definition) is 1. The minimum Gasteiger partial charge on any atom is -0.381 e. The molecule has 2 nitrogen and oxygen atoms in total. The van der Waals surface area contributed by atoms with Crippen molar-refractivity contribution in [3.8, 4) is 0 Å². The fourth-order valence-electron chi connectivity index (χ4n) is 2.25. The molecule has 1 atom stereocenters. The van der Waals surface area contributed by atoms with Gasteiger partial charge < -0.3 is 5.32 Å². The number of para-hydroxylation sites is 1. The van der Waals surface area contributed by atoms with Crippen molar-refractivity contribution < 1.29 is 0 Å². The van der Waals surface area contributed by atoms with Crippen LogP contribution in [0.5, 0.6) is 0 Å². The first-order valence-electron chi connectivity index (χ1n) is 6.27. The molecule has 0 aliphatic heterocycles. The van der Waals surface area contributed by atoms with E-state index in [4.69, 9.17) is 0 Å². The van der Waals surface area contributed by atoms with Gasteiger partial charge in [0.25, 0.3) is 0 Å². The summed E-state index contributed by atoms with van der Waals surface area (Å²) in [5.41, 5.74) is 2.20. The number of anilines is 1. The van der Waals surface area contributed by atoms with E-state index < -0.39 is 0 Å². The van der Waals surface area contributed by atoms with Crippen molar-refractivity contribution in [2.24, 2.45) is 5.92 Å². The number of nitrogens with zero attached hydrogens (tertiary/aromatic N) is 1. The van der Waals surface area contributed by atoms with Crippen LogP contribution >= 0.6 is 0 Å². The minimum absolute atomic E-state index is 0.475. The van der Waals surface area contributed by atoms with Crippen molar-refractivity contribution in [1.29, 1.82) is 0 Å². The Bertz CT molecular complexity index is 486. The van der Waals surface area contributed by atoms with Gasteiger partial charge in [-0.2, -0.15) is 0 Å². The minimum atomic E-state index is 0.475. The fraction of sp³-hybridized carbons (Fsp3) is 0.400. The molecule has 2 rings (SSSR count). The van der Waals surface area contributed by atoms with Crippen molar-refractivity contribution in [2.45, 2.75) is 33.2 Å². The molecule has 90 valence electrons. The Morgan fingerprint density at radius 1 is 1.12 bits per heavy atom. The Hall–Kier alpha value is -1.57. The molecule has 0 saturated heterocycles. The average Bonchev–Trinajstić information content (AvgIpc) is 2.28. The van der Waals surface area contributed by atoms with Crippen LogP contribution in [0.25, 0.3) is 10.9 Å². The molecule has 0 fully saturated rings. The molecule has 2 aromatic rings. The number of pyridine rings is 1. The van der Waals surface area contributed by atoms with Crippen molar-refractivity contribution in [2.75, 3.05) is 5.32 Å². The summed E-state index contributed by atoms with van der Waals surface area (Å²) in [6.07, 6.45) is 3.02. The van der Waals surface area contributed by atoms with Gasteiger partial charge in [-0.25, -0.2) is 0 Å². The number of benzene rings is 1. The Morgan fingerprint density at radius 2 is 1.88 bits per heavy atom. The fourth-order valence-corrected chi connectivity index (χ4v) is 2.25. The van der Waals surface area contributed by atoms with Gasteiger partial charge in [0.2, 0.25) is 0 Å². The molecule has 0 aliphatic rings. The number of rotatable bonds is 4. The highest BCUT2D eigenvalue weighted by Gasteiger charge is 2.07. The zero-order valence-electron chi connectivity index (χ0n) is 10.8. The van der Waals surface area contributed by atoms with E-state index in [0.29, 0.717) is 12.0 Å². The highest BCUT2D eigenvalue weighted by atomic mass is 14.9. The summed E-state index contributed by atoms with van der Waals surface area (Å²) in [5, 5.41) is 4.74. The molecule has 1 N–H and O–H groups in total. The molecule has 0 spiro atoms. The van der Waals surface area contributed by atoms with Gasteiger partial charge in [-0.1, -0.05) is 32.0 Å². The lowest BCUT2D eigenvalue weighted by atomic mass is 10.0. The summed E-state index contributed by atoms with van der Waals surface area (Å²) < 4.78 is 0. The van der Waals surface area contributed by atoms with E-state index in [1.165, 1.54) is 11.8 Å². The summed E-state index contributed by atoms with van der Waals surface area (Å²) in [7, 11) is 0. The van der Waals surface area contributed by atoms with Crippen molar-refractivity contribution in [3.05, 3.63) is 36.5 Å². The number of aromatic nitrogens is 1. The second kappa shape index (κ2) is 5.17. The molecule has 2 heteroatoms. The monoisotopic (exact) mass is 228 g/mol. The molecular formula is C15H20N2. The third-order valence-corrected chi connectivity index (χ3v) is 2.86. The lowest BCUT2D eigenvalue weighted by molar-refractivity contribution is 0.540. The molecule has 0 saturated carbocycles. The second-order valence-electron chi connectivity index (χ2n) is 5.06. The normalized spacial score (nSPS) is 12.9. The molecule has 0 aliphatic carbocycles. The Labute approximate surface area is 103 Å². The van der Waals surface area contributed by atoms with Crippen molar-refractivity contribution in [1.82, 2.24) is 4.98 Å². The van der Waals surface area contributed by atoms with E-state index in [1.54, 1.807) is 0 Å². The van der Waals surface area contributed by atoms with Crippen LogP contribution in [0.15, 0.2) is 36.5 Å². The Balaban J connectivity index is 2.24. The highest BCUT2D eigenvalue weighted by Crippen LogP contribution is 2.22. The Kier molecular flexibility index (Phi) is 3.62. The summed E-state index contributed by atoms with van der Waals surface area (Å²) in [6.45, 7) is 6.72. The largest absolute Gasteiger partial charge is 0.381 e. The molecule has 1 heterocycles. The molecule has 0 radical (unpaired) electrons. The topological polar surface area (TPSA) is 24.9 Å². The first-order chi connectivity index (χ1) is 8.16. The first-order valence-corrected chi connectivity index (χ1v) is 6.27. The van der Waals surface area contributed by atoms with Crippen LogP contribution in [0.1, 0.15) is 27.2 Å². The van der Waals surface area contributed by atoms with E-state index >= 15 is 0 Å². The van der Waals surface area contributed by atoms with Crippen LogP contribution in [0.3, 0.4) is 0 Å². The van der Waals surface area contributed by atoms with E-state index in [9.17, 15) is 0 Å². The van der Waals surface area contributed by atoms with Gasteiger partial charge in [0.1, 0.15) is 0 Å². The van der Waals surface area contributed by atoms with Crippen molar-refractivity contribution >= 4 is 16.6 Å². The van der Waals surface area contributed by atoms with Gasteiger partial charge in [-0.3, -0.25) is 4.98 Å². The molecule has 0 bridgehead atoms. The lowest BCUT2D eigenvalue weighted by Crippen LogP contribution is -2.17. The van der Waals surface area contributed by atoms with Crippen LogP contribution < -0.4 is 5.32 Å². The predicted octanol–water partition coefficient (Wildman–Crippen LogP) is 4.08. The van der Waals surface area contributed by atoms with E-state index in [1.807, 2.05) is 12.3 Å². The third kappa shape index (κ3) is 2.96. The quantitative estimate of drug-likeness (QED) is 0.852. The maximum Gasteiger partial charge on any atom is 0.0933 e. The van der Waals surface area contributed by atoms with Gasteiger partial charge in [-0.15, -0.1) is 0 Å². The molecule has 1 aromatic carbocycles. The summed E-state index contributed by atoms with van der Waals surface area (Å²) in [6, 6.07) is 10.8. The molecule has 0 amide bonds. The summed E-state index contributed by atoms with van der Waals surface area (Å²) in [4.78, 5) is 4.45. The standard InChI is InChI=1S/C15H20N2/c1-11(2)10-12(3)17-14-8-4-6-13-7-5-9-16-15(13)14/h4-9,11-12,17H,10H2,1-3H3. The maximum absolute atomic E-state index is 4.45. The van der Waals surface area contributed by atoms with Gasteiger partial charge in [-0.05, 0) is 31.4 Å². The number of fused-ring (bicyclic) bond motifs is 1. The third-order valence-electron chi connectivity index (χ3n) is 2.86. The van der Waals surface area contributed by atoms with Crippen LogP contribution in [0, 0.1) is 5.92 Å². The summed E-state index contributed by atoms with van der Waals surface area (Å²) in [5.74, 6) is 0.709. The van der Waals surface area contributed by atoms with Gasteiger partial charge in [0, 0.05) is 17.6 Å². The van der Waals surface area contributed by atoms with E-state index in [2.05, 4.69) is 55.3 Å². The van der Waals surface area contributed by atoms with Crippen LogP contribution in [0.2, 0.25) is 0 Å². The Morgan fingerprint density at radius 3 is 2.65 bits per heavy atom. The van der Waals surface area contributed by atoms with E-state index in [-0.39, 0.29) is 0 Å². The molecular weight excluding hydrogens is 208 g/mol. The zero-order valence-corrected chi connectivity index (χ0v) is 10.8. The highest BCUT2D eigenvalue weighted by molar-refractivity contribution is 5.90. The average molecular weight is 228 g/mol. The summed E-state index contributed by atoms with van der Waals surface area (Å²) >= 11 is 0. The molecule has 1 aromatic heterocycles. The molecule has 1 unspecified atom stereocenters. The second-order valence-corrected chi connectivity index (χ2v) is 5.06. The SMILES string of the molecule is CC(C)CC(C)Nc1cccc2cccnc12. The van der Waals surface area contributed by atoms with Gasteiger partial charge in [0.05, 0.1) is 11.2 Å². The van der Waals surface area contributed by atoms with Crippen LogP contribution in [-0.4, -0.2) is 11.0 Å². The van der Waals surface area contributed by atoms with Crippen LogP contribution in [-0.2, 0) is 0 Å². The molecule has 17 heavy (non-hydrogen) atoms. The van der Waals surface area contributed by atoms with Gasteiger partial charge >= 0.3 is 0 Å². The zero-order chi connectivity index (χ0) is 12.3. The van der Waals surface area contributed by atoms with E-state index in [0.717, 1.165) is 11.2 Å². The van der Waals surface area contributed by atoms with Gasteiger partial charge in [0.15, 0.2) is 0 Å². The first kappa shape index (κ1) is 11.9. The maximum atomic E-state index is 4.45. The lowest BCUT2D eigenvalue weighted by Gasteiger charge is -2.18. The number of hydrogen-bond acceptors (Lipinski definition) is 2. The number of nitrogens with one attached hydrogen (secondary N) is 1.